The molecule has 4 nitrogen and oxygen atoms in total. The quantitative estimate of drug-likeness (QED) is 0.639. The molecule has 0 amide bonds. The molecule has 1 aliphatic rings. The number of hydrogen-bond acceptors (Lipinski definition) is 5. The second kappa shape index (κ2) is 5.38. The molecule has 0 spiro atoms. The van der Waals surface area contributed by atoms with Gasteiger partial charge in [0.1, 0.15) is 5.75 Å². The lowest BCUT2D eigenvalue weighted by molar-refractivity contribution is 0.104. The maximum Gasteiger partial charge on any atom is 0.231 e. The van der Waals surface area contributed by atoms with E-state index in [4.69, 9.17) is 14.2 Å². The Morgan fingerprint density at radius 1 is 1.35 bits per heavy atom. The van der Waals surface area contributed by atoms with E-state index in [2.05, 4.69) is 0 Å². The zero-order valence-electron chi connectivity index (χ0n) is 10.8. The molecule has 2 aromatic rings. The number of fused-ring (bicyclic) bond motifs is 1. The van der Waals surface area contributed by atoms with Crippen LogP contribution >= 0.6 is 11.3 Å². The highest BCUT2D eigenvalue weighted by molar-refractivity contribution is 7.10. The Bertz CT molecular complexity index is 659. The second-order valence-corrected chi connectivity index (χ2v) is 5.10. The van der Waals surface area contributed by atoms with Gasteiger partial charge < -0.3 is 14.2 Å². The molecule has 3 rings (SSSR count). The number of thiophene rings is 1. The summed E-state index contributed by atoms with van der Waals surface area (Å²) in [6, 6.07) is 7.22. The minimum Gasteiger partial charge on any atom is -0.496 e. The molecule has 1 aromatic carbocycles. The lowest BCUT2D eigenvalue weighted by Gasteiger charge is -2.07. The molecule has 5 heteroatoms. The second-order valence-electron chi connectivity index (χ2n) is 4.12. The van der Waals surface area contributed by atoms with Crippen LogP contribution in [0.1, 0.15) is 15.2 Å². The fraction of sp³-hybridized carbons (Fsp3) is 0.133. The first-order valence-corrected chi connectivity index (χ1v) is 6.89. The van der Waals surface area contributed by atoms with Gasteiger partial charge in [-0.15, -0.1) is 11.3 Å². The molecule has 0 N–H and O–H groups in total. The van der Waals surface area contributed by atoms with Crippen molar-refractivity contribution in [2.75, 3.05) is 13.9 Å². The Kier molecular flexibility index (Phi) is 3.43. The lowest BCUT2D eigenvalue weighted by Crippen LogP contribution is -1.99. The highest BCUT2D eigenvalue weighted by Crippen LogP contribution is 2.38. The molecule has 1 aromatic heterocycles. The molecule has 0 fully saturated rings. The van der Waals surface area contributed by atoms with E-state index in [-0.39, 0.29) is 12.6 Å². The molecule has 0 saturated carbocycles. The smallest absolute Gasteiger partial charge is 0.231 e. The van der Waals surface area contributed by atoms with Gasteiger partial charge in [-0.05, 0) is 29.7 Å². The van der Waals surface area contributed by atoms with Crippen molar-refractivity contribution < 1.29 is 19.0 Å². The van der Waals surface area contributed by atoms with Gasteiger partial charge in [-0.25, -0.2) is 0 Å². The molecule has 0 atom stereocenters. The predicted octanol–water partition coefficient (Wildman–Crippen LogP) is 3.38. The topological polar surface area (TPSA) is 44.8 Å². The van der Waals surface area contributed by atoms with Crippen LogP contribution in [0, 0.1) is 0 Å². The van der Waals surface area contributed by atoms with Crippen molar-refractivity contribution in [1.29, 1.82) is 0 Å². The molecule has 0 unspecified atom stereocenters. The minimum absolute atomic E-state index is 0.131. The zero-order chi connectivity index (χ0) is 13.9. The van der Waals surface area contributed by atoms with Crippen LogP contribution in [0.25, 0.3) is 6.08 Å². The predicted molar refractivity (Wildman–Crippen MR) is 76.8 cm³/mol. The van der Waals surface area contributed by atoms with Crippen molar-refractivity contribution in [3.63, 3.8) is 0 Å². The van der Waals surface area contributed by atoms with E-state index < -0.39 is 0 Å². The molecular formula is C15H12O4S. The Morgan fingerprint density at radius 3 is 2.85 bits per heavy atom. The van der Waals surface area contributed by atoms with Crippen molar-refractivity contribution in [1.82, 2.24) is 0 Å². The van der Waals surface area contributed by atoms with Gasteiger partial charge in [0.2, 0.25) is 6.79 Å². The van der Waals surface area contributed by atoms with Crippen LogP contribution in [0.5, 0.6) is 17.2 Å². The maximum atomic E-state index is 12.3. The van der Waals surface area contributed by atoms with Crippen LogP contribution in [0.4, 0.5) is 0 Å². The highest BCUT2D eigenvalue weighted by Gasteiger charge is 2.20. The van der Waals surface area contributed by atoms with E-state index >= 15 is 0 Å². The molecule has 20 heavy (non-hydrogen) atoms. The van der Waals surface area contributed by atoms with E-state index in [1.165, 1.54) is 13.2 Å². The number of hydrogen-bond donors (Lipinski definition) is 0. The molecule has 0 saturated heterocycles. The number of ether oxygens (including phenoxy) is 3. The number of benzene rings is 1. The van der Waals surface area contributed by atoms with Crippen molar-refractivity contribution in [2.24, 2.45) is 0 Å². The van der Waals surface area contributed by atoms with Crippen molar-refractivity contribution in [2.45, 2.75) is 0 Å². The zero-order valence-corrected chi connectivity index (χ0v) is 11.6. The van der Waals surface area contributed by atoms with Crippen LogP contribution < -0.4 is 14.2 Å². The Hall–Kier alpha value is -2.27. The Morgan fingerprint density at radius 2 is 2.15 bits per heavy atom. The lowest BCUT2D eigenvalue weighted by atomic mass is 10.1. The summed E-state index contributed by atoms with van der Waals surface area (Å²) in [7, 11) is 1.53. The average Bonchev–Trinajstić information content (AvgIpc) is 3.13. The number of allylic oxidation sites excluding steroid dienone is 1. The third-order valence-electron chi connectivity index (χ3n) is 2.90. The summed E-state index contributed by atoms with van der Waals surface area (Å²) < 4.78 is 15.8. The Labute approximate surface area is 120 Å². The van der Waals surface area contributed by atoms with Crippen LogP contribution in [-0.2, 0) is 0 Å². The molecule has 0 bridgehead atoms. The summed E-state index contributed by atoms with van der Waals surface area (Å²) in [5, 5.41) is 1.96. The van der Waals surface area contributed by atoms with Crippen molar-refractivity contribution >= 4 is 23.2 Å². The average molecular weight is 288 g/mol. The number of carbonyl (C=O) groups is 1. The van der Waals surface area contributed by atoms with Crippen LogP contribution in [-0.4, -0.2) is 19.7 Å². The van der Waals surface area contributed by atoms with Crippen LogP contribution in [0.15, 0.2) is 35.7 Å². The Balaban J connectivity index is 1.91. The van der Waals surface area contributed by atoms with Gasteiger partial charge in [0.05, 0.1) is 12.7 Å². The summed E-state index contributed by atoms with van der Waals surface area (Å²) in [6.45, 7) is 0.168. The van der Waals surface area contributed by atoms with E-state index in [0.717, 1.165) is 4.88 Å². The van der Waals surface area contributed by atoms with Gasteiger partial charge in [-0.1, -0.05) is 6.07 Å². The minimum atomic E-state index is -0.131. The first-order valence-electron chi connectivity index (χ1n) is 6.01. The number of carbonyl (C=O) groups excluding carboxylic acids is 1. The summed E-state index contributed by atoms with van der Waals surface area (Å²) in [5.74, 6) is 1.52. The number of methoxy groups -OCH3 is 1. The van der Waals surface area contributed by atoms with E-state index in [0.29, 0.717) is 22.8 Å². The van der Waals surface area contributed by atoms with Gasteiger partial charge in [-0.2, -0.15) is 0 Å². The first kappa shape index (κ1) is 12.7. The third kappa shape index (κ3) is 2.40. The van der Waals surface area contributed by atoms with Crippen molar-refractivity contribution in [3.8, 4) is 17.2 Å². The summed E-state index contributed by atoms with van der Waals surface area (Å²) in [6.07, 6.45) is 3.32. The fourth-order valence-electron chi connectivity index (χ4n) is 1.92. The first-order chi connectivity index (χ1) is 9.78. The van der Waals surface area contributed by atoms with Gasteiger partial charge in [0.15, 0.2) is 17.3 Å². The van der Waals surface area contributed by atoms with E-state index in [9.17, 15) is 4.79 Å². The standard InChI is InChI=1S/C15H12O4S/c1-17-13-8-15-14(18-9-19-15)7-11(13)12(16)5-4-10-3-2-6-20-10/h2-8H,9H2,1H3/b5-4+. The summed E-state index contributed by atoms with van der Waals surface area (Å²) in [5.41, 5.74) is 0.463. The monoisotopic (exact) mass is 288 g/mol. The van der Waals surface area contributed by atoms with Gasteiger partial charge in [0, 0.05) is 10.9 Å². The van der Waals surface area contributed by atoms with Crippen LogP contribution in [0.2, 0.25) is 0 Å². The highest BCUT2D eigenvalue weighted by atomic mass is 32.1. The van der Waals surface area contributed by atoms with E-state index in [1.807, 2.05) is 17.5 Å². The third-order valence-corrected chi connectivity index (χ3v) is 3.74. The SMILES string of the molecule is COc1cc2c(cc1C(=O)/C=C/c1cccs1)OCO2. The van der Waals surface area contributed by atoms with Crippen LogP contribution in [0.3, 0.4) is 0 Å². The molecule has 1 aliphatic heterocycles. The number of rotatable bonds is 4. The molecule has 102 valence electrons. The molecular weight excluding hydrogens is 276 g/mol. The van der Waals surface area contributed by atoms with Gasteiger partial charge >= 0.3 is 0 Å². The molecule has 2 heterocycles. The van der Waals surface area contributed by atoms with Crippen molar-refractivity contribution in [3.05, 3.63) is 46.2 Å². The normalized spacial score (nSPS) is 12.8. The van der Waals surface area contributed by atoms with Gasteiger partial charge in [-0.3, -0.25) is 4.79 Å². The molecule has 0 aliphatic carbocycles. The molecule has 0 radical (unpaired) electrons. The largest absolute Gasteiger partial charge is 0.496 e. The maximum absolute atomic E-state index is 12.3. The van der Waals surface area contributed by atoms with E-state index in [1.54, 1.807) is 29.5 Å². The fourth-order valence-corrected chi connectivity index (χ4v) is 2.54. The number of ketones is 1. The van der Waals surface area contributed by atoms with Gasteiger partial charge in [0.25, 0.3) is 0 Å². The summed E-state index contributed by atoms with van der Waals surface area (Å²) in [4.78, 5) is 13.3. The summed E-state index contributed by atoms with van der Waals surface area (Å²) >= 11 is 1.58.